The number of aliphatic hydroxyl groups is 1. The predicted octanol–water partition coefficient (Wildman–Crippen LogP) is 0.406. The van der Waals surface area contributed by atoms with Crippen LogP contribution >= 0.6 is 0 Å². The molecule has 0 fully saturated rings. The van der Waals surface area contributed by atoms with Crippen LogP contribution in [0.5, 0.6) is 0 Å². The highest BCUT2D eigenvalue weighted by Gasteiger charge is 2.24. The van der Waals surface area contributed by atoms with Crippen LogP contribution in [0.25, 0.3) is 0 Å². The van der Waals surface area contributed by atoms with Crippen molar-refractivity contribution in [2.24, 2.45) is 7.05 Å². The van der Waals surface area contributed by atoms with E-state index >= 15 is 0 Å². The van der Waals surface area contributed by atoms with Gasteiger partial charge in [-0.1, -0.05) is 5.16 Å². The smallest absolute Gasteiger partial charge is 0.240 e. The van der Waals surface area contributed by atoms with E-state index in [2.05, 4.69) is 25.1 Å². The number of hydrogen-bond donors (Lipinski definition) is 1. The van der Waals surface area contributed by atoms with E-state index in [4.69, 9.17) is 4.52 Å². The van der Waals surface area contributed by atoms with Crippen LogP contribution in [0.15, 0.2) is 23.0 Å². The highest BCUT2D eigenvalue weighted by atomic mass is 16.5. The topological polar surface area (TPSA) is 98.0 Å². The molecule has 0 saturated heterocycles. The summed E-state index contributed by atoms with van der Waals surface area (Å²) in [7, 11) is 1.86. The molecule has 1 N–H and O–H groups in total. The van der Waals surface area contributed by atoms with E-state index in [1.54, 1.807) is 10.8 Å². The second-order valence-electron chi connectivity index (χ2n) is 6.03. The lowest BCUT2D eigenvalue weighted by atomic mass is 10.2. The third kappa shape index (κ3) is 2.72. The molecular weight excluding hydrogens is 310 g/mol. The van der Waals surface area contributed by atoms with Crippen molar-refractivity contribution >= 4 is 0 Å². The molecule has 9 heteroatoms. The first-order valence-corrected chi connectivity index (χ1v) is 7.83. The number of imidazole rings is 1. The zero-order valence-electron chi connectivity index (χ0n) is 13.6. The van der Waals surface area contributed by atoms with E-state index in [9.17, 15) is 5.11 Å². The second-order valence-corrected chi connectivity index (χ2v) is 6.03. The van der Waals surface area contributed by atoms with Crippen LogP contribution in [-0.2, 0) is 26.7 Å². The molecule has 0 aliphatic carbocycles. The van der Waals surface area contributed by atoms with Gasteiger partial charge in [-0.25, -0.2) is 4.98 Å². The largest absolute Gasteiger partial charge is 0.379 e. The predicted molar refractivity (Wildman–Crippen MR) is 82.6 cm³/mol. The number of hydrogen-bond acceptors (Lipinski definition) is 7. The van der Waals surface area contributed by atoms with Crippen LogP contribution in [-0.4, -0.2) is 46.0 Å². The van der Waals surface area contributed by atoms with E-state index in [-0.39, 0.29) is 0 Å². The first-order chi connectivity index (χ1) is 11.6. The van der Waals surface area contributed by atoms with Gasteiger partial charge in [-0.15, -0.1) is 0 Å². The Hall–Kier alpha value is -2.52. The molecule has 1 atom stereocenters. The van der Waals surface area contributed by atoms with Crippen molar-refractivity contribution in [3.63, 3.8) is 0 Å². The molecule has 126 valence electrons. The Balaban J connectivity index is 1.50. The van der Waals surface area contributed by atoms with Gasteiger partial charge in [-0.3, -0.25) is 9.58 Å². The lowest BCUT2D eigenvalue weighted by Gasteiger charge is -2.25. The quantitative estimate of drug-likeness (QED) is 0.740. The van der Waals surface area contributed by atoms with Crippen molar-refractivity contribution in [3.05, 3.63) is 47.4 Å². The van der Waals surface area contributed by atoms with E-state index < -0.39 is 6.10 Å². The monoisotopic (exact) mass is 329 g/mol. The molecule has 3 aromatic rings. The van der Waals surface area contributed by atoms with Gasteiger partial charge in [0.25, 0.3) is 0 Å². The van der Waals surface area contributed by atoms with Crippen molar-refractivity contribution in [2.75, 3.05) is 6.54 Å². The van der Waals surface area contributed by atoms with Crippen LogP contribution in [0.3, 0.4) is 0 Å². The van der Waals surface area contributed by atoms with E-state index in [0.717, 1.165) is 25.3 Å². The van der Waals surface area contributed by atoms with Gasteiger partial charge < -0.3 is 14.2 Å². The van der Waals surface area contributed by atoms with Gasteiger partial charge in [-0.2, -0.15) is 10.1 Å². The average molecular weight is 329 g/mol. The van der Waals surface area contributed by atoms with Gasteiger partial charge in [0.2, 0.25) is 5.89 Å². The van der Waals surface area contributed by atoms with E-state index in [1.807, 2.05) is 30.9 Å². The Bertz CT molecular complexity index is 850. The summed E-state index contributed by atoms with van der Waals surface area (Å²) in [6.45, 7) is 4.75. The van der Waals surface area contributed by atoms with Crippen LogP contribution in [0, 0.1) is 6.92 Å². The number of aryl methyl sites for hydroxylation is 2. The molecule has 0 spiro atoms. The molecule has 4 rings (SSSR count). The molecule has 0 unspecified atom stereocenters. The summed E-state index contributed by atoms with van der Waals surface area (Å²) in [5.74, 6) is 1.85. The van der Waals surface area contributed by atoms with Crippen LogP contribution in [0.4, 0.5) is 0 Å². The summed E-state index contributed by atoms with van der Waals surface area (Å²) < 4.78 is 8.92. The lowest BCUT2D eigenvalue weighted by molar-refractivity contribution is 0.178. The highest BCUT2D eigenvalue weighted by Crippen LogP contribution is 2.23. The third-order valence-electron chi connectivity index (χ3n) is 4.21. The molecule has 24 heavy (non-hydrogen) atoms. The zero-order valence-corrected chi connectivity index (χ0v) is 13.6. The Morgan fingerprint density at radius 2 is 2.25 bits per heavy atom. The molecule has 0 bridgehead atoms. The van der Waals surface area contributed by atoms with Crippen molar-refractivity contribution in [1.29, 1.82) is 0 Å². The minimum absolute atomic E-state index is 0.587. The Morgan fingerprint density at radius 1 is 1.38 bits per heavy atom. The van der Waals surface area contributed by atoms with Crippen LogP contribution in [0.2, 0.25) is 0 Å². The second kappa shape index (κ2) is 5.84. The van der Waals surface area contributed by atoms with Crippen molar-refractivity contribution in [2.45, 2.75) is 32.7 Å². The number of nitrogens with zero attached hydrogens (tertiary/aromatic N) is 7. The molecule has 0 radical (unpaired) electrons. The van der Waals surface area contributed by atoms with Crippen molar-refractivity contribution in [3.8, 4) is 0 Å². The van der Waals surface area contributed by atoms with Gasteiger partial charge in [-0.05, 0) is 13.0 Å². The van der Waals surface area contributed by atoms with Crippen molar-refractivity contribution < 1.29 is 9.63 Å². The SMILES string of the molecule is Cc1noc(CN2CCn3nc([C@H](O)c4nccn4C)cc3C2)n1. The zero-order chi connectivity index (χ0) is 16.7. The van der Waals surface area contributed by atoms with Gasteiger partial charge in [0.05, 0.1) is 24.5 Å². The van der Waals surface area contributed by atoms with Gasteiger partial charge >= 0.3 is 0 Å². The lowest BCUT2D eigenvalue weighted by Crippen LogP contribution is -2.33. The summed E-state index contributed by atoms with van der Waals surface area (Å²) in [5, 5.41) is 18.9. The fourth-order valence-electron chi connectivity index (χ4n) is 2.98. The first kappa shape index (κ1) is 15.0. The van der Waals surface area contributed by atoms with Crippen molar-refractivity contribution in [1.82, 2.24) is 34.4 Å². The van der Waals surface area contributed by atoms with Crippen LogP contribution in [0.1, 0.15) is 35.0 Å². The third-order valence-corrected chi connectivity index (χ3v) is 4.21. The normalized spacial score (nSPS) is 16.3. The number of aromatic nitrogens is 6. The fourth-order valence-corrected chi connectivity index (χ4v) is 2.98. The maximum absolute atomic E-state index is 10.5. The summed E-state index contributed by atoms with van der Waals surface area (Å²) in [4.78, 5) is 10.7. The minimum Gasteiger partial charge on any atom is -0.379 e. The molecule has 1 aliphatic rings. The summed E-state index contributed by atoms with van der Waals surface area (Å²) in [6, 6.07) is 1.94. The van der Waals surface area contributed by atoms with Gasteiger partial charge in [0.1, 0.15) is 5.82 Å². The minimum atomic E-state index is -0.824. The van der Waals surface area contributed by atoms with Gasteiger partial charge in [0, 0.05) is 32.5 Å². The Morgan fingerprint density at radius 3 is 2.96 bits per heavy atom. The fraction of sp³-hybridized carbons (Fsp3) is 0.467. The summed E-state index contributed by atoms with van der Waals surface area (Å²) >= 11 is 0. The molecule has 0 amide bonds. The summed E-state index contributed by atoms with van der Waals surface area (Å²) in [6.07, 6.45) is 2.65. The Kier molecular flexibility index (Phi) is 3.66. The molecule has 0 aromatic carbocycles. The van der Waals surface area contributed by atoms with E-state index in [1.165, 1.54) is 0 Å². The molecular formula is C15H19N7O2. The number of rotatable bonds is 4. The van der Waals surface area contributed by atoms with E-state index in [0.29, 0.717) is 29.8 Å². The Labute approximate surface area is 138 Å². The highest BCUT2D eigenvalue weighted by molar-refractivity contribution is 5.19. The average Bonchev–Trinajstić information content (AvgIpc) is 3.26. The molecule has 4 heterocycles. The molecule has 9 nitrogen and oxygen atoms in total. The molecule has 0 saturated carbocycles. The van der Waals surface area contributed by atoms with Gasteiger partial charge in [0.15, 0.2) is 11.9 Å². The maximum Gasteiger partial charge on any atom is 0.240 e. The van der Waals surface area contributed by atoms with Crippen LogP contribution < -0.4 is 0 Å². The standard InChI is InChI=1S/C15H19N7O2/c1-10-17-13(24-19-10)9-21-5-6-22-11(8-21)7-12(18-22)14(23)15-16-3-4-20(15)2/h3-4,7,14,23H,5-6,8-9H2,1-2H3/t14-/m0/s1. The number of aliphatic hydroxyl groups excluding tert-OH is 1. The summed E-state index contributed by atoms with van der Waals surface area (Å²) in [5.41, 5.74) is 1.68. The maximum atomic E-state index is 10.5. The number of fused-ring (bicyclic) bond motifs is 1. The first-order valence-electron chi connectivity index (χ1n) is 7.83. The molecule has 1 aliphatic heterocycles. The molecule has 3 aromatic heterocycles.